The SMILES string of the molecule is CC1=NN(c2ccc(C)cc2C)C(=O)/C1=C/c1c(O)n(-c2ccc(Cl)cc2)c(=O)[nH]c1=O. The molecule has 0 radical (unpaired) electrons. The van der Waals surface area contributed by atoms with Crippen molar-refractivity contribution in [3.8, 4) is 11.6 Å². The highest BCUT2D eigenvalue weighted by molar-refractivity contribution is 6.32. The molecule has 162 valence electrons. The molecule has 1 aromatic heterocycles. The van der Waals surface area contributed by atoms with Gasteiger partial charge < -0.3 is 5.11 Å². The number of hydrogen-bond donors (Lipinski definition) is 2. The molecule has 2 aromatic carbocycles. The number of H-pyrrole nitrogens is 1. The average molecular weight is 451 g/mol. The molecule has 2 heterocycles. The molecular formula is C23H19ClN4O4. The zero-order chi connectivity index (χ0) is 23.2. The first kappa shape index (κ1) is 21.3. The summed E-state index contributed by atoms with van der Waals surface area (Å²) in [6.45, 7) is 5.46. The van der Waals surface area contributed by atoms with Crippen LogP contribution in [-0.4, -0.2) is 26.3 Å². The van der Waals surface area contributed by atoms with Crippen molar-refractivity contribution in [2.75, 3.05) is 5.01 Å². The van der Waals surface area contributed by atoms with E-state index in [-0.39, 0.29) is 11.1 Å². The third-order valence-corrected chi connectivity index (χ3v) is 5.39. The lowest BCUT2D eigenvalue weighted by atomic mass is 10.1. The largest absolute Gasteiger partial charge is 0.494 e. The number of benzene rings is 2. The number of aromatic hydroxyl groups is 1. The zero-order valence-corrected chi connectivity index (χ0v) is 18.3. The molecule has 0 aliphatic carbocycles. The first-order valence-corrected chi connectivity index (χ1v) is 10.1. The van der Waals surface area contributed by atoms with Crippen LogP contribution in [0.5, 0.6) is 5.88 Å². The number of hydrogen-bond acceptors (Lipinski definition) is 5. The molecule has 0 atom stereocenters. The number of aromatic nitrogens is 2. The zero-order valence-electron chi connectivity index (χ0n) is 17.5. The van der Waals surface area contributed by atoms with Gasteiger partial charge in [0.2, 0.25) is 5.88 Å². The number of aryl methyl sites for hydroxylation is 2. The topological polar surface area (TPSA) is 108 Å². The Bertz CT molecular complexity index is 1430. The summed E-state index contributed by atoms with van der Waals surface area (Å²) in [6.07, 6.45) is 1.24. The summed E-state index contributed by atoms with van der Waals surface area (Å²) in [4.78, 5) is 40.1. The predicted octanol–water partition coefficient (Wildman–Crippen LogP) is 3.31. The number of aromatic amines is 1. The van der Waals surface area contributed by atoms with Gasteiger partial charge in [-0.05, 0) is 62.7 Å². The van der Waals surface area contributed by atoms with Crippen LogP contribution in [0.15, 0.2) is 62.7 Å². The smallest absolute Gasteiger partial charge is 0.335 e. The summed E-state index contributed by atoms with van der Waals surface area (Å²) in [5.74, 6) is -1.04. The van der Waals surface area contributed by atoms with E-state index in [9.17, 15) is 19.5 Å². The van der Waals surface area contributed by atoms with E-state index >= 15 is 0 Å². The summed E-state index contributed by atoms with van der Waals surface area (Å²) >= 11 is 5.89. The summed E-state index contributed by atoms with van der Waals surface area (Å²) < 4.78 is 0.928. The van der Waals surface area contributed by atoms with Crippen LogP contribution in [0.4, 0.5) is 5.69 Å². The number of anilines is 1. The van der Waals surface area contributed by atoms with Crippen LogP contribution in [0, 0.1) is 13.8 Å². The molecule has 0 saturated carbocycles. The molecule has 0 saturated heterocycles. The van der Waals surface area contributed by atoms with Gasteiger partial charge >= 0.3 is 5.69 Å². The molecule has 0 spiro atoms. The minimum atomic E-state index is -0.823. The molecule has 2 N–H and O–H groups in total. The lowest BCUT2D eigenvalue weighted by Gasteiger charge is -2.15. The quantitative estimate of drug-likeness (QED) is 0.597. The maximum atomic E-state index is 13.1. The van der Waals surface area contributed by atoms with E-state index in [0.717, 1.165) is 15.7 Å². The Kier molecular flexibility index (Phi) is 5.31. The summed E-state index contributed by atoms with van der Waals surface area (Å²) in [5, 5.41) is 16.8. The Hall–Kier alpha value is -3.91. The molecule has 0 unspecified atom stereocenters. The van der Waals surface area contributed by atoms with Crippen LogP contribution in [0.3, 0.4) is 0 Å². The van der Waals surface area contributed by atoms with Crippen LogP contribution < -0.4 is 16.3 Å². The van der Waals surface area contributed by atoms with Gasteiger partial charge in [0.25, 0.3) is 11.5 Å². The van der Waals surface area contributed by atoms with Gasteiger partial charge in [0, 0.05) is 5.02 Å². The average Bonchev–Trinajstić information content (AvgIpc) is 3.00. The van der Waals surface area contributed by atoms with Crippen LogP contribution in [0.2, 0.25) is 5.02 Å². The second-order valence-corrected chi connectivity index (χ2v) is 7.90. The van der Waals surface area contributed by atoms with Crippen LogP contribution in [-0.2, 0) is 4.79 Å². The van der Waals surface area contributed by atoms with E-state index in [1.54, 1.807) is 25.1 Å². The summed E-state index contributed by atoms with van der Waals surface area (Å²) in [6, 6.07) is 11.7. The van der Waals surface area contributed by atoms with Crippen molar-refractivity contribution in [2.45, 2.75) is 20.8 Å². The fraction of sp³-hybridized carbons (Fsp3) is 0.130. The molecule has 4 rings (SSSR count). The maximum absolute atomic E-state index is 13.1. The minimum absolute atomic E-state index is 0.132. The summed E-state index contributed by atoms with van der Waals surface area (Å²) in [7, 11) is 0. The Morgan fingerprint density at radius 2 is 1.72 bits per heavy atom. The number of rotatable bonds is 3. The fourth-order valence-corrected chi connectivity index (χ4v) is 3.66. The fourth-order valence-electron chi connectivity index (χ4n) is 3.53. The lowest BCUT2D eigenvalue weighted by Crippen LogP contribution is -2.30. The van der Waals surface area contributed by atoms with Crippen molar-refractivity contribution in [1.82, 2.24) is 9.55 Å². The molecule has 32 heavy (non-hydrogen) atoms. The molecule has 1 aliphatic rings. The van der Waals surface area contributed by atoms with Crippen molar-refractivity contribution in [3.05, 3.63) is 90.6 Å². The van der Waals surface area contributed by atoms with Crippen LogP contribution >= 0.6 is 11.6 Å². The Morgan fingerprint density at radius 3 is 2.38 bits per heavy atom. The molecular weight excluding hydrogens is 432 g/mol. The van der Waals surface area contributed by atoms with E-state index < -0.39 is 23.0 Å². The van der Waals surface area contributed by atoms with Gasteiger partial charge in [0.15, 0.2) is 0 Å². The normalized spacial score (nSPS) is 14.9. The van der Waals surface area contributed by atoms with Gasteiger partial charge in [-0.1, -0.05) is 29.3 Å². The maximum Gasteiger partial charge on any atom is 0.335 e. The highest BCUT2D eigenvalue weighted by Crippen LogP contribution is 2.29. The lowest BCUT2D eigenvalue weighted by molar-refractivity contribution is -0.114. The second-order valence-electron chi connectivity index (χ2n) is 7.46. The molecule has 0 bridgehead atoms. The molecule has 9 heteroatoms. The molecule has 1 amide bonds. The van der Waals surface area contributed by atoms with E-state index in [4.69, 9.17) is 11.6 Å². The molecule has 0 fully saturated rings. The summed E-state index contributed by atoms with van der Waals surface area (Å²) in [5.41, 5.74) is 1.46. The second kappa shape index (κ2) is 7.97. The van der Waals surface area contributed by atoms with Gasteiger partial charge in [-0.2, -0.15) is 10.1 Å². The third kappa shape index (κ3) is 3.65. The van der Waals surface area contributed by atoms with Gasteiger partial charge in [0.1, 0.15) is 5.56 Å². The number of nitrogens with one attached hydrogen (secondary N) is 1. The highest BCUT2D eigenvalue weighted by Gasteiger charge is 2.30. The predicted molar refractivity (Wildman–Crippen MR) is 124 cm³/mol. The Balaban J connectivity index is 1.82. The van der Waals surface area contributed by atoms with Crippen molar-refractivity contribution in [1.29, 1.82) is 0 Å². The van der Waals surface area contributed by atoms with E-state index in [0.29, 0.717) is 22.1 Å². The molecule has 1 aliphatic heterocycles. The Labute approximate surface area is 187 Å². The third-order valence-electron chi connectivity index (χ3n) is 5.14. The number of carbonyl (C=O) groups excluding carboxylic acids is 1. The van der Waals surface area contributed by atoms with E-state index in [1.165, 1.54) is 23.2 Å². The number of carbonyl (C=O) groups is 1. The molecule has 3 aromatic rings. The van der Waals surface area contributed by atoms with Crippen molar-refractivity contribution < 1.29 is 9.90 Å². The molecule has 8 nitrogen and oxygen atoms in total. The van der Waals surface area contributed by atoms with Gasteiger partial charge in [0.05, 0.1) is 22.7 Å². The van der Waals surface area contributed by atoms with Gasteiger partial charge in [-0.15, -0.1) is 0 Å². The standard InChI is InChI=1S/C23H19ClN4O4/c1-12-4-9-19(13(2)10-12)28-22(31)17(14(3)26-28)11-18-20(29)25-23(32)27(21(18)30)16-7-5-15(24)6-8-16/h4-11,30H,1-3H3,(H,25,29,32)/b17-11+. The first-order valence-electron chi connectivity index (χ1n) is 9.70. The number of hydrazone groups is 1. The van der Waals surface area contributed by atoms with Gasteiger partial charge in [-0.3, -0.25) is 14.6 Å². The Morgan fingerprint density at radius 1 is 1.03 bits per heavy atom. The van der Waals surface area contributed by atoms with Crippen molar-refractivity contribution >= 4 is 35.0 Å². The highest BCUT2D eigenvalue weighted by atomic mass is 35.5. The number of amides is 1. The monoisotopic (exact) mass is 450 g/mol. The van der Waals surface area contributed by atoms with Crippen LogP contribution in [0.25, 0.3) is 11.8 Å². The number of nitrogens with zero attached hydrogens (tertiary/aromatic N) is 3. The van der Waals surface area contributed by atoms with E-state index in [2.05, 4.69) is 10.1 Å². The minimum Gasteiger partial charge on any atom is -0.494 e. The van der Waals surface area contributed by atoms with Crippen molar-refractivity contribution in [2.24, 2.45) is 5.10 Å². The van der Waals surface area contributed by atoms with Crippen LogP contribution in [0.1, 0.15) is 23.6 Å². The van der Waals surface area contributed by atoms with Crippen molar-refractivity contribution in [3.63, 3.8) is 0 Å². The number of halogens is 1. The first-order chi connectivity index (χ1) is 15.2. The van der Waals surface area contributed by atoms with E-state index in [1.807, 2.05) is 26.0 Å². The van der Waals surface area contributed by atoms with Gasteiger partial charge in [-0.25, -0.2) is 9.36 Å².